The van der Waals surface area contributed by atoms with Crippen LogP contribution in [0.3, 0.4) is 0 Å². The van der Waals surface area contributed by atoms with Crippen LogP contribution in [0.25, 0.3) is 0 Å². The summed E-state index contributed by atoms with van der Waals surface area (Å²) in [6.45, 7) is 7.07. The number of methoxy groups -OCH3 is 3. The second kappa shape index (κ2) is 18.6. The Kier molecular flexibility index (Phi) is 16.4. The Morgan fingerprint density at radius 2 is 1.67 bits per heavy atom. The topological polar surface area (TPSA) is 164 Å². The molecule has 0 aromatic heterocycles. The highest BCUT2D eigenvalue weighted by Crippen LogP contribution is 2.33. The molecule has 0 aromatic carbocycles. The molecule has 0 aromatic rings. The van der Waals surface area contributed by atoms with E-state index in [2.05, 4.69) is 25.5 Å². The number of nitrogens with one attached hydrogen (secondary N) is 1. The number of hydrogen-bond donors (Lipinski definition) is 1. The summed E-state index contributed by atoms with van der Waals surface area (Å²) < 4.78 is 82.3. The van der Waals surface area contributed by atoms with E-state index in [0.29, 0.717) is 25.3 Å². The average molecular weight is 679 g/mol. The van der Waals surface area contributed by atoms with Crippen LogP contribution in [-0.4, -0.2) is 71.7 Å². The first-order valence-corrected chi connectivity index (χ1v) is 15.5. The van der Waals surface area contributed by atoms with Crippen LogP contribution in [0.1, 0.15) is 53.4 Å². The van der Waals surface area contributed by atoms with Gasteiger partial charge in [0.15, 0.2) is 12.5 Å². The summed E-state index contributed by atoms with van der Waals surface area (Å²) >= 11 is 0. The average Bonchev–Trinajstić information content (AvgIpc) is 2.95. The number of allylic oxidation sites excluding steroid dienone is 5. The maximum Gasteiger partial charge on any atom is 0.534 e. The molecule has 0 saturated heterocycles. The second-order valence-electron chi connectivity index (χ2n) is 10.9. The molecule has 4 atom stereocenters. The molecule has 1 aliphatic carbocycles. The summed E-state index contributed by atoms with van der Waals surface area (Å²) in [6, 6.07) is 0. The molecule has 0 fully saturated rings. The molecule has 2 rings (SSSR count). The highest BCUT2D eigenvalue weighted by Gasteiger charge is 2.50. The summed E-state index contributed by atoms with van der Waals surface area (Å²) in [5.74, 6) is -4.72. The normalized spacial score (nSPS) is 27.2. The van der Waals surface area contributed by atoms with Gasteiger partial charge < -0.3 is 23.7 Å². The third kappa shape index (κ3) is 12.7. The number of carbonyl (C=O) groups is 3. The zero-order valence-corrected chi connectivity index (χ0v) is 27.6. The number of ether oxygens (including phenoxy) is 3. The quantitative estimate of drug-likeness (QED) is 0.134. The summed E-state index contributed by atoms with van der Waals surface area (Å²) in [4.78, 5) is 47.9. The number of nitrogens with zero attached hydrogens (tertiary/aromatic N) is 1. The lowest BCUT2D eigenvalue weighted by atomic mass is 9.86. The van der Waals surface area contributed by atoms with Gasteiger partial charge in [0.1, 0.15) is 0 Å². The van der Waals surface area contributed by atoms with Gasteiger partial charge >= 0.3 is 15.6 Å². The Hall–Kier alpha value is -3.47. The molecule has 1 heterocycles. The van der Waals surface area contributed by atoms with Crippen molar-refractivity contribution in [2.24, 2.45) is 17.0 Å². The van der Waals surface area contributed by atoms with Gasteiger partial charge in [0.2, 0.25) is 11.6 Å². The molecule has 16 heteroatoms. The van der Waals surface area contributed by atoms with Gasteiger partial charge in [-0.1, -0.05) is 43.7 Å². The number of nitroso groups, excluding NO2 is 1. The van der Waals surface area contributed by atoms with Crippen LogP contribution < -0.4 is 5.32 Å². The molecule has 1 aliphatic heterocycles. The van der Waals surface area contributed by atoms with Crippen molar-refractivity contribution in [3.05, 3.63) is 63.5 Å². The number of alkyl halides is 3. The minimum Gasteiger partial charge on any atom is -0.381 e. The van der Waals surface area contributed by atoms with Crippen LogP contribution in [-0.2, 0) is 42.9 Å². The van der Waals surface area contributed by atoms with Crippen LogP contribution in [0.15, 0.2) is 63.7 Å². The fourth-order valence-corrected chi connectivity index (χ4v) is 5.13. The lowest BCUT2D eigenvalue weighted by Crippen LogP contribution is -2.35. The van der Waals surface area contributed by atoms with E-state index in [-0.39, 0.29) is 36.9 Å². The lowest BCUT2D eigenvalue weighted by Gasteiger charge is -2.25. The Morgan fingerprint density at radius 1 is 1.02 bits per heavy atom. The molecule has 0 radical (unpaired) electrons. The van der Waals surface area contributed by atoms with Crippen LogP contribution in [0, 0.1) is 16.7 Å². The van der Waals surface area contributed by atoms with Crippen molar-refractivity contribution in [1.82, 2.24) is 5.32 Å². The van der Waals surface area contributed by atoms with Crippen molar-refractivity contribution in [2.45, 2.75) is 71.1 Å². The first kappa shape index (κ1) is 40.6. The van der Waals surface area contributed by atoms with Crippen molar-refractivity contribution in [3.63, 3.8) is 0 Å². The predicted molar refractivity (Wildman–Crippen MR) is 162 cm³/mol. The SMILES string of the molecule is COC1/C=C\C=C(/C)C(=O)NC2=CC(=O)C(OS(=O)(=O)C(F)(F)F)=C(CC(C)CC(OC)C[C@@H](C)/C=C(\C)C1)C2=O.COCN=O. The van der Waals surface area contributed by atoms with Gasteiger partial charge in [-0.05, 0) is 56.5 Å². The number of amides is 1. The van der Waals surface area contributed by atoms with E-state index in [1.807, 2.05) is 13.8 Å². The Bertz CT molecular complexity index is 1380. The van der Waals surface area contributed by atoms with E-state index in [9.17, 15) is 36.0 Å². The van der Waals surface area contributed by atoms with Gasteiger partial charge in [-0.25, -0.2) is 0 Å². The number of carbonyl (C=O) groups excluding carboxylic acids is 3. The largest absolute Gasteiger partial charge is 0.534 e. The molecule has 1 N–H and O–H groups in total. The first-order chi connectivity index (χ1) is 21.4. The van der Waals surface area contributed by atoms with Gasteiger partial charge in [-0.3, -0.25) is 14.4 Å². The molecule has 2 bridgehead atoms. The van der Waals surface area contributed by atoms with E-state index >= 15 is 0 Å². The van der Waals surface area contributed by atoms with Gasteiger partial charge in [-0.2, -0.15) is 21.6 Å². The summed E-state index contributed by atoms with van der Waals surface area (Å²) in [7, 11) is -1.76. The van der Waals surface area contributed by atoms with Crippen LogP contribution in [0.2, 0.25) is 0 Å². The van der Waals surface area contributed by atoms with Gasteiger partial charge in [0.25, 0.3) is 5.91 Å². The molecule has 0 spiro atoms. The molecule has 3 unspecified atom stereocenters. The number of ketones is 2. The van der Waals surface area contributed by atoms with Crippen LogP contribution >= 0.6 is 0 Å². The number of rotatable bonds is 6. The van der Waals surface area contributed by atoms with E-state index in [0.717, 1.165) is 5.57 Å². The first-order valence-electron chi connectivity index (χ1n) is 14.1. The number of hydrogen-bond acceptors (Lipinski definition) is 11. The Morgan fingerprint density at radius 3 is 2.20 bits per heavy atom. The van der Waals surface area contributed by atoms with E-state index in [1.54, 1.807) is 26.2 Å². The minimum absolute atomic E-state index is 0.0417. The fraction of sp³-hybridized carbons (Fsp3) is 0.567. The Labute approximate surface area is 266 Å². The fourth-order valence-electron chi connectivity index (χ4n) is 4.63. The van der Waals surface area contributed by atoms with Gasteiger partial charge in [0, 0.05) is 38.6 Å². The minimum atomic E-state index is -6.25. The molecule has 12 nitrogen and oxygen atoms in total. The molecule has 1 amide bonds. The zero-order valence-electron chi connectivity index (χ0n) is 26.8. The zero-order chi connectivity index (χ0) is 35.2. The third-order valence-electron chi connectivity index (χ3n) is 6.81. The maximum atomic E-state index is 13.3. The molecule has 46 heavy (non-hydrogen) atoms. The smallest absolute Gasteiger partial charge is 0.381 e. The van der Waals surface area contributed by atoms with Crippen molar-refractivity contribution in [1.29, 1.82) is 0 Å². The van der Waals surface area contributed by atoms with Gasteiger partial charge in [-0.15, -0.1) is 4.91 Å². The lowest BCUT2D eigenvalue weighted by molar-refractivity contribution is -0.120. The summed E-state index contributed by atoms with van der Waals surface area (Å²) in [5.41, 5.74) is -5.72. The standard InChI is InChI=1S/C28H36F3NO8S.C2H5NO2/c1-16-10-17(2)12-21(39-6)13-18(3)14-22-25(34)23(15-24(33)26(22)40-41(36,37)28(29,30)31)32-27(35)19(4)8-7-9-20(11-16)38-5;1-5-2-3-4/h7-10,15,17-18,20-21H,11-14H2,1-6H3,(H,32,35);2H2,1H3/b9-7-,16-10+,19-8+;/t17-,18?,20?,21?;/m0./s1. The van der Waals surface area contributed by atoms with Crippen molar-refractivity contribution >= 4 is 27.6 Å². The Balaban J connectivity index is 0.00000195. The summed E-state index contributed by atoms with van der Waals surface area (Å²) in [6.07, 6.45) is 8.06. The highest BCUT2D eigenvalue weighted by atomic mass is 32.2. The van der Waals surface area contributed by atoms with Crippen molar-refractivity contribution in [2.75, 3.05) is 28.1 Å². The van der Waals surface area contributed by atoms with Crippen LogP contribution in [0.5, 0.6) is 0 Å². The monoisotopic (exact) mass is 678 g/mol. The van der Waals surface area contributed by atoms with E-state index < -0.39 is 56.0 Å². The highest BCUT2D eigenvalue weighted by molar-refractivity contribution is 7.87. The predicted octanol–water partition coefficient (Wildman–Crippen LogP) is 4.94. The molecule has 258 valence electrons. The van der Waals surface area contributed by atoms with Crippen molar-refractivity contribution in [3.8, 4) is 0 Å². The molecular formula is C30H41F3N2O10S. The third-order valence-corrected chi connectivity index (χ3v) is 7.76. The van der Waals surface area contributed by atoms with E-state index in [1.165, 1.54) is 27.2 Å². The molecule has 2 aliphatic rings. The molecular weight excluding hydrogens is 637 g/mol. The summed E-state index contributed by atoms with van der Waals surface area (Å²) in [5, 5.41) is 4.68. The van der Waals surface area contributed by atoms with Gasteiger partial charge in [0.05, 0.1) is 17.9 Å². The maximum absolute atomic E-state index is 13.3. The number of halogens is 3. The van der Waals surface area contributed by atoms with Crippen LogP contribution in [0.4, 0.5) is 13.2 Å². The van der Waals surface area contributed by atoms with Crippen molar-refractivity contribution < 1.29 is 54.4 Å². The number of fused-ring (bicyclic) bond motifs is 2. The van der Waals surface area contributed by atoms with E-state index in [4.69, 9.17) is 14.4 Å². The molecule has 0 saturated carbocycles. The second-order valence-corrected chi connectivity index (χ2v) is 12.4. The number of Topliss-reactive ketones (excluding diaryl/α,β-unsaturated/α-hetero) is 1.